The molecule has 0 saturated carbocycles. The SMILES string of the molecule is Cc1noc(C)c1CSc1ncccc1C(=O)NCc1cccc(OCc2ccccn2)c1. The minimum Gasteiger partial charge on any atom is -0.487 e. The normalized spacial score (nSPS) is 10.7. The van der Waals surface area contributed by atoms with E-state index in [9.17, 15) is 4.79 Å². The molecular weight excluding hydrogens is 436 g/mol. The highest BCUT2D eigenvalue weighted by atomic mass is 32.2. The Labute approximate surface area is 196 Å². The maximum atomic E-state index is 12.9. The number of nitrogens with zero attached hydrogens (tertiary/aromatic N) is 3. The third-order valence-electron chi connectivity index (χ3n) is 5.01. The molecule has 1 amide bonds. The number of hydrogen-bond acceptors (Lipinski definition) is 7. The molecule has 1 aromatic carbocycles. The maximum absolute atomic E-state index is 12.9. The second-order valence-corrected chi connectivity index (χ2v) is 8.35. The zero-order valence-corrected chi connectivity index (χ0v) is 19.3. The van der Waals surface area contributed by atoms with Gasteiger partial charge in [-0.25, -0.2) is 4.98 Å². The zero-order valence-electron chi connectivity index (χ0n) is 18.4. The van der Waals surface area contributed by atoms with Crippen LogP contribution in [0.15, 0.2) is 76.5 Å². The van der Waals surface area contributed by atoms with Crippen LogP contribution in [-0.2, 0) is 18.9 Å². The molecule has 0 fully saturated rings. The summed E-state index contributed by atoms with van der Waals surface area (Å²) < 4.78 is 11.1. The van der Waals surface area contributed by atoms with Gasteiger partial charge in [0.25, 0.3) is 5.91 Å². The van der Waals surface area contributed by atoms with Gasteiger partial charge in [-0.1, -0.05) is 23.4 Å². The van der Waals surface area contributed by atoms with E-state index in [-0.39, 0.29) is 5.91 Å². The van der Waals surface area contributed by atoms with Gasteiger partial charge in [-0.2, -0.15) is 0 Å². The van der Waals surface area contributed by atoms with Gasteiger partial charge in [0.15, 0.2) is 0 Å². The molecule has 33 heavy (non-hydrogen) atoms. The molecule has 0 aliphatic carbocycles. The lowest BCUT2D eigenvalue weighted by Crippen LogP contribution is -2.23. The Kier molecular flexibility index (Phi) is 7.36. The summed E-state index contributed by atoms with van der Waals surface area (Å²) in [5, 5.41) is 7.64. The summed E-state index contributed by atoms with van der Waals surface area (Å²) in [5.74, 6) is 1.97. The molecule has 0 aliphatic rings. The number of pyridine rings is 2. The number of benzene rings is 1. The Balaban J connectivity index is 1.36. The maximum Gasteiger partial charge on any atom is 0.254 e. The fourth-order valence-corrected chi connectivity index (χ4v) is 4.34. The number of aromatic nitrogens is 3. The molecule has 168 valence electrons. The molecule has 0 aliphatic heterocycles. The van der Waals surface area contributed by atoms with Gasteiger partial charge in [0.2, 0.25) is 0 Å². The van der Waals surface area contributed by atoms with Crippen molar-refractivity contribution >= 4 is 17.7 Å². The number of rotatable bonds is 9. The molecule has 3 aromatic heterocycles. The number of carbonyl (C=O) groups is 1. The van der Waals surface area contributed by atoms with Crippen molar-refractivity contribution in [3.63, 3.8) is 0 Å². The van der Waals surface area contributed by atoms with Crippen LogP contribution in [-0.4, -0.2) is 21.0 Å². The minimum absolute atomic E-state index is 0.177. The zero-order chi connectivity index (χ0) is 23.0. The lowest BCUT2D eigenvalue weighted by molar-refractivity contribution is 0.0947. The van der Waals surface area contributed by atoms with E-state index in [1.54, 1.807) is 24.5 Å². The topological polar surface area (TPSA) is 90.1 Å². The molecule has 0 unspecified atom stereocenters. The van der Waals surface area contributed by atoms with Crippen LogP contribution < -0.4 is 10.1 Å². The summed E-state index contributed by atoms with van der Waals surface area (Å²) in [7, 11) is 0. The Morgan fingerprint density at radius 2 is 1.94 bits per heavy atom. The Hall–Kier alpha value is -3.65. The van der Waals surface area contributed by atoms with Gasteiger partial charge in [-0.3, -0.25) is 9.78 Å². The number of hydrogen-bond donors (Lipinski definition) is 1. The van der Waals surface area contributed by atoms with Gasteiger partial charge in [0, 0.05) is 30.3 Å². The Morgan fingerprint density at radius 1 is 1.06 bits per heavy atom. The first-order valence-corrected chi connectivity index (χ1v) is 11.5. The van der Waals surface area contributed by atoms with Crippen molar-refractivity contribution in [2.24, 2.45) is 0 Å². The standard InChI is InChI=1S/C25H24N4O3S/c1-17-23(18(2)32-29-17)16-33-25-22(10-6-12-27-25)24(30)28-14-19-7-5-9-21(13-19)31-15-20-8-3-4-11-26-20/h3-13H,14-16H2,1-2H3,(H,28,30). The van der Waals surface area contributed by atoms with Crippen molar-refractivity contribution in [3.05, 3.63) is 101 Å². The van der Waals surface area contributed by atoms with Crippen LogP contribution in [0.25, 0.3) is 0 Å². The Bertz CT molecular complexity index is 1210. The lowest BCUT2D eigenvalue weighted by atomic mass is 10.2. The molecule has 4 aromatic rings. The molecule has 8 heteroatoms. The largest absolute Gasteiger partial charge is 0.487 e. The summed E-state index contributed by atoms with van der Waals surface area (Å²) in [4.78, 5) is 21.6. The highest BCUT2D eigenvalue weighted by molar-refractivity contribution is 7.98. The van der Waals surface area contributed by atoms with E-state index in [0.717, 1.165) is 34.0 Å². The number of thioether (sulfide) groups is 1. The molecule has 0 radical (unpaired) electrons. The lowest BCUT2D eigenvalue weighted by Gasteiger charge is -2.11. The summed E-state index contributed by atoms with van der Waals surface area (Å²) in [6.07, 6.45) is 3.43. The van der Waals surface area contributed by atoms with Crippen LogP contribution in [0.2, 0.25) is 0 Å². The average molecular weight is 461 g/mol. The van der Waals surface area contributed by atoms with E-state index in [2.05, 4.69) is 20.4 Å². The third-order valence-corrected chi connectivity index (χ3v) is 6.05. The summed E-state index contributed by atoms with van der Waals surface area (Å²) in [6, 6.07) is 16.9. The number of amides is 1. The van der Waals surface area contributed by atoms with Gasteiger partial charge >= 0.3 is 0 Å². The predicted octanol–water partition coefficient (Wildman–Crippen LogP) is 4.88. The van der Waals surface area contributed by atoms with Crippen LogP contribution in [0.4, 0.5) is 0 Å². The van der Waals surface area contributed by atoms with E-state index in [4.69, 9.17) is 9.26 Å². The van der Waals surface area contributed by atoms with Crippen molar-refractivity contribution in [2.75, 3.05) is 0 Å². The first kappa shape index (κ1) is 22.5. The molecule has 3 heterocycles. The molecule has 4 rings (SSSR count). The van der Waals surface area contributed by atoms with Gasteiger partial charge in [-0.15, -0.1) is 11.8 Å². The highest BCUT2D eigenvalue weighted by Gasteiger charge is 2.15. The fourth-order valence-electron chi connectivity index (χ4n) is 3.19. The molecular formula is C25H24N4O3S. The van der Waals surface area contributed by atoms with Gasteiger partial charge < -0.3 is 14.6 Å². The number of aryl methyl sites for hydroxylation is 2. The average Bonchev–Trinajstić information content (AvgIpc) is 3.18. The minimum atomic E-state index is -0.177. The molecule has 1 N–H and O–H groups in total. The summed E-state index contributed by atoms with van der Waals surface area (Å²) in [5.41, 5.74) is 4.22. The molecule has 0 atom stereocenters. The van der Waals surface area contributed by atoms with Crippen LogP contribution in [0, 0.1) is 13.8 Å². The first-order chi connectivity index (χ1) is 16.1. The van der Waals surface area contributed by atoms with Gasteiger partial charge in [-0.05, 0) is 55.8 Å². The summed E-state index contributed by atoms with van der Waals surface area (Å²) >= 11 is 1.49. The summed E-state index contributed by atoms with van der Waals surface area (Å²) in [6.45, 7) is 4.56. The van der Waals surface area contributed by atoms with E-state index in [0.29, 0.717) is 29.5 Å². The predicted molar refractivity (Wildman–Crippen MR) is 126 cm³/mol. The highest BCUT2D eigenvalue weighted by Crippen LogP contribution is 2.27. The van der Waals surface area contributed by atoms with Crippen molar-refractivity contribution in [3.8, 4) is 5.75 Å². The second kappa shape index (κ2) is 10.8. The van der Waals surface area contributed by atoms with Crippen LogP contribution in [0.5, 0.6) is 5.75 Å². The quantitative estimate of drug-likeness (QED) is 0.356. The van der Waals surface area contributed by atoms with Crippen molar-refractivity contribution in [1.29, 1.82) is 0 Å². The molecule has 0 bridgehead atoms. The van der Waals surface area contributed by atoms with Gasteiger partial charge in [0.05, 0.1) is 17.0 Å². The van der Waals surface area contributed by atoms with Crippen molar-refractivity contribution in [2.45, 2.75) is 37.8 Å². The van der Waals surface area contributed by atoms with Crippen molar-refractivity contribution in [1.82, 2.24) is 20.4 Å². The van der Waals surface area contributed by atoms with Crippen LogP contribution >= 0.6 is 11.8 Å². The second-order valence-electron chi connectivity index (χ2n) is 7.39. The van der Waals surface area contributed by atoms with E-state index in [1.165, 1.54) is 11.8 Å². The first-order valence-electron chi connectivity index (χ1n) is 10.5. The number of carbonyl (C=O) groups excluding carboxylic acids is 1. The number of ether oxygens (including phenoxy) is 1. The molecule has 0 spiro atoms. The Morgan fingerprint density at radius 3 is 2.73 bits per heavy atom. The third kappa shape index (κ3) is 5.98. The molecule has 0 saturated heterocycles. The van der Waals surface area contributed by atoms with E-state index >= 15 is 0 Å². The molecule has 7 nitrogen and oxygen atoms in total. The van der Waals surface area contributed by atoms with Crippen molar-refractivity contribution < 1.29 is 14.1 Å². The van der Waals surface area contributed by atoms with Crippen LogP contribution in [0.3, 0.4) is 0 Å². The van der Waals surface area contributed by atoms with Crippen LogP contribution in [0.1, 0.15) is 38.6 Å². The smallest absolute Gasteiger partial charge is 0.254 e. The monoisotopic (exact) mass is 460 g/mol. The van der Waals surface area contributed by atoms with E-state index < -0.39 is 0 Å². The van der Waals surface area contributed by atoms with Gasteiger partial charge in [0.1, 0.15) is 23.1 Å². The van der Waals surface area contributed by atoms with E-state index in [1.807, 2.05) is 56.3 Å². The number of nitrogens with one attached hydrogen (secondary N) is 1. The fraction of sp³-hybridized carbons (Fsp3) is 0.200.